The summed E-state index contributed by atoms with van der Waals surface area (Å²) >= 11 is 0. The highest BCUT2D eigenvalue weighted by molar-refractivity contribution is 5.94. The summed E-state index contributed by atoms with van der Waals surface area (Å²) in [4.78, 5) is 20.3. The third-order valence-corrected chi connectivity index (χ3v) is 3.48. The first-order valence-corrected chi connectivity index (χ1v) is 6.39. The number of carbonyl (C=O) groups is 1. The minimum absolute atomic E-state index is 0.0781. The predicted molar refractivity (Wildman–Crippen MR) is 72.2 cm³/mol. The highest BCUT2D eigenvalue weighted by Crippen LogP contribution is 2.12. The van der Waals surface area contributed by atoms with E-state index in [1.54, 1.807) is 6.07 Å². The molecule has 1 aliphatic rings. The average molecular weight is 264 g/mol. The molecule has 19 heavy (non-hydrogen) atoms. The van der Waals surface area contributed by atoms with E-state index in [0.29, 0.717) is 6.54 Å². The van der Waals surface area contributed by atoms with Crippen molar-refractivity contribution in [1.29, 1.82) is 0 Å². The quantitative estimate of drug-likeness (QED) is 0.789. The number of nitrogens with zero attached hydrogens (tertiary/aromatic N) is 3. The fraction of sp³-hybridized carbons (Fsp3) is 0.538. The van der Waals surface area contributed by atoms with Crippen LogP contribution >= 0.6 is 0 Å². The Kier molecular flexibility index (Phi) is 4.34. The van der Waals surface area contributed by atoms with Crippen LogP contribution in [0.2, 0.25) is 0 Å². The lowest BCUT2D eigenvalue weighted by atomic mass is 10.2. The molecule has 2 N–H and O–H groups in total. The van der Waals surface area contributed by atoms with E-state index >= 15 is 0 Å². The average Bonchev–Trinajstić information content (AvgIpc) is 2.40. The number of piperazine rings is 1. The molecule has 0 aromatic carbocycles. The van der Waals surface area contributed by atoms with Gasteiger partial charge in [-0.25, -0.2) is 4.98 Å². The summed E-state index contributed by atoms with van der Waals surface area (Å²) in [6.45, 7) is 3.51. The Hall–Kier alpha value is -1.66. The summed E-state index contributed by atoms with van der Waals surface area (Å²) < 4.78 is 0. The van der Waals surface area contributed by atoms with Gasteiger partial charge < -0.3 is 15.3 Å². The number of pyridine rings is 1. The van der Waals surface area contributed by atoms with Crippen molar-refractivity contribution < 1.29 is 9.90 Å². The Morgan fingerprint density at radius 1 is 1.53 bits per heavy atom. The molecule has 1 aliphatic heterocycles. The lowest BCUT2D eigenvalue weighted by Gasteiger charge is -2.37. The van der Waals surface area contributed by atoms with Crippen molar-refractivity contribution >= 4 is 5.91 Å². The maximum atomic E-state index is 11.9. The third-order valence-electron chi connectivity index (χ3n) is 3.48. The van der Waals surface area contributed by atoms with Gasteiger partial charge in [0.05, 0.1) is 0 Å². The van der Waals surface area contributed by atoms with Crippen LogP contribution in [0.5, 0.6) is 5.75 Å². The molecule has 6 heteroatoms. The van der Waals surface area contributed by atoms with Crippen LogP contribution in [0.3, 0.4) is 0 Å². The van der Waals surface area contributed by atoms with Crippen LogP contribution in [0.25, 0.3) is 0 Å². The van der Waals surface area contributed by atoms with E-state index in [-0.39, 0.29) is 23.4 Å². The van der Waals surface area contributed by atoms with Gasteiger partial charge in [0.25, 0.3) is 5.91 Å². The van der Waals surface area contributed by atoms with Gasteiger partial charge in [-0.05, 0) is 26.2 Å². The standard InChI is InChI=1S/C13H20N4O2/c1-16-6-7-17(2)10(9-16)8-15-13(19)12-11(18)4-3-5-14-12/h3-5,10,18H,6-9H2,1-2H3,(H,15,19). The molecule has 1 saturated heterocycles. The fourth-order valence-corrected chi connectivity index (χ4v) is 2.19. The molecule has 104 valence electrons. The van der Waals surface area contributed by atoms with Crippen molar-refractivity contribution in [2.75, 3.05) is 40.3 Å². The Bertz CT molecular complexity index is 452. The van der Waals surface area contributed by atoms with Crippen LogP contribution in [0.4, 0.5) is 0 Å². The molecular weight excluding hydrogens is 244 g/mol. The van der Waals surface area contributed by atoms with Gasteiger partial charge in [-0.15, -0.1) is 0 Å². The Balaban J connectivity index is 1.91. The first-order valence-electron chi connectivity index (χ1n) is 6.39. The zero-order valence-corrected chi connectivity index (χ0v) is 11.3. The van der Waals surface area contributed by atoms with Crippen LogP contribution < -0.4 is 5.32 Å². The molecule has 6 nitrogen and oxygen atoms in total. The molecule has 1 fully saturated rings. The molecule has 0 radical (unpaired) electrons. The maximum absolute atomic E-state index is 11.9. The van der Waals surface area contributed by atoms with Crippen molar-refractivity contribution in [3.63, 3.8) is 0 Å². The molecule has 1 unspecified atom stereocenters. The summed E-state index contributed by atoms with van der Waals surface area (Å²) in [5, 5.41) is 12.4. The molecule has 1 amide bonds. The van der Waals surface area contributed by atoms with E-state index in [9.17, 15) is 9.90 Å². The van der Waals surface area contributed by atoms with E-state index in [1.807, 2.05) is 0 Å². The zero-order valence-electron chi connectivity index (χ0n) is 11.3. The highest BCUT2D eigenvalue weighted by Gasteiger charge is 2.23. The van der Waals surface area contributed by atoms with Gasteiger partial charge in [0.15, 0.2) is 5.69 Å². The second-order valence-electron chi connectivity index (χ2n) is 4.98. The molecule has 2 rings (SSSR count). The molecule has 2 heterocycles. The van der Waals surface area contributed by atoms with Gasteiger partial charge in [-0.1, -0.05) is 0 Å². The minimum Gasteiger partial charge on any atom is -0.505 e. The normalized spacial score (nSPS) is 21.3. The first kappa shape index (κ1) is 13.8. The Labute approximate surface area is 113 Å². The fourth-order valence-electron chi connectivity index (χ4n) is 2.19. The second-order valence-corrected chi connectivity index (χ2v) is 4.98. The first-order chi connectivity index (χ1) is 9.08. The number of nitrogens with one attached hydrogen (secondary N) is 1. The van der Waals surface area contributed by atoms with Crippen LogP contribution in [0.15, 0.2) is 18.3 Å². The van der Waals surface area contributed by atoms with Gasteiger partial charge in [0, 0.05) is 38.4 Å². The van der Waals surface area contributed by atoms with Crippen molar-refractivity contribution in [3.8, 4) is 5.75 Å². The number of likely N-dealkylation sites (N-methyl/N-ethyl adjacent to an activating group) is 2. The summed E-state index contributed by atoms with van der Waals surface area (Å²) in [7, 11) is 4.13. The van der Waals surface area contributed by atoms with Crippen molar-refractivity contribution in [2.45, 2.75) is 6.04 Å². The molecule has 0 saturated carbocycles. The number of rotatable bonds is 3. The van der Waals surface area contributed by atoms with Crippen LogP contribution in [-0.4, -0.2) is 72.1 Å². The molecule has 1 aromatic rings. The largest absolute Gasteiger partial charge is 0.505 e. The topological polar surface area (TPSA) is 68.7 Å². The van der Waals surface area contributed by atoms with Crippen LogP contribution in [-0.2, 0) is 0 Å². The smallest absolute Gasteiger partial charge is 0.273 e. The molecule has 1 aromatic heterocycles. The van der Waals surface area contributed by atoms with Crippen molar-refractivity contribution in [2.24, 2.45) is 0 Å². The number of amides is 1. The summed E-state index contributed by atoms with van der Waals surface area (Å²) in [5.41, 5.74) is 0.0781. The number of carbonyl (C=O) groups excluding carboxylic acids is 1. The summed E-state index contributed by atoms with van der Waals surface area (Å²) in [6.07, 6.45) is 1.50. The SMILES string of the molecule is CN1CCN(C)C(CNC(=O)c2ncccc2O)C1. The maximum Gasteiger partial charge on any atom is 0.273 e. The van der Waals surface area contributed by atoms with Gasteiger partial charge in [0.1, 0.15) is 5.75 Å². The number of hydrogen-bond acceptors (Lipinski definition) is 5. The number of aromatic nitrogens is 1. The van der Waals surface area contributed by atoms with Gasteiger partial charge >= 0.3 is 0 Å². The monoisotopic (exact) mass is 264 g/mol. The van der Waals surface area contributed by atoms with Crippen LogP contribution in [0, 0.1) is 0 Å². The van der Waals surface area contributed by atoms with Gasteiger partial charge in [0.2, 0.25) is 0 Å². The van der Waals surface area contributed by atoms with Crippen LogP contribution in [0.1, 0.15) is 10.5 Å². The van der Waals surface area contributed by atoms with Gasteiger partial charge in [-0.2, -0.15) is 0 Å². The summed E-state index contributed by atoms with van der Waals surface area (Å²) in [5.74, 6) is -0.422. The molecular formula is C13H20N4O2. The lowest BCUT2D eigenvalue weighted by Crippen LogP contribution is -2.54. The van der Waals surface area contributed by atoms with E-state index in [0.717, 1.165) is 19.6 Å². The third kappa shape index (κ3) is 3.42. The van der Waals surface area contributed by atoms with E-state index < -0.39 is 0 Å². The van der Waals surface area contributed by atoms with E-state index in [2.05, 4.69) is 34.2 Å². The minimum atomic E-state index is -0.334. The second kappa shape index (κ2) is 5.99. The molecule has 0 aliphatic carbocycles. The summed E-state index contributed by atoms with van der Waals surface area (Å²) in [6, 6.07) is 3.34. The number of aromatic hydroxyl groups is 1. The Morgan fingerprint density at radius 2 is 2.32 bits per heavy atom. The van der Waals surface area contributed by atoms with E-state index in [4.69, 9.17) is 0 Å². The Morgan fingerprint density at radius 3 is 3.05 bits per heavy atom. The molecule has 0 spiro atoms. The molecule has 0 bridgehead atoms. The van der Waals surface area contributed by atoms with E-state index in [1.165, 1.54) is 12.3 Å². The van der Waals surface area contributed by atoms with Crippen molar-refractivity contribution in [3.05, 3.63) is 24.0 Å². The zero-order chi connectivity index (χ0) is 13.8. The van der Waals surface area contributed by atoms with Gasteiger partial charge in [-0.3, -0.25) is 9.69 Å². The number of hydrogen-bond donors (Lipinski definition) is 2. The lowest BCUT2D eigenvalue weighted by molar-refractivity contribution is 0.0874. The predicted octanol–water partition coefficient (Wildman–Crippen LogP) is -0.237. The highest BCUT2D eigenvalue weighted by atomic mass is 16.3. The molecule has 1 atom stereocenters. The van der Waals surface area contributed by atoms with Crippen molar-refractivity contribution in [1.82, 2.24) is 20.1 Å².